The first-order chi connectivity index (χ1) is 8.80. The fraction of sp³-hybridized carbons (Fsp3) is 0.571. The molecule has 2 N–H and O–H groups in total. The van der Waals surface area contributed by atoms with E-state index in [-0.39, 0.29) is 6.10 Å². The van der Waals surface area contributed by atoms with Crippen molar-refractivity contribution in [3.8, 4) is 5.75 Å². The van der Waals surface area contributed by atoms with Crippen LogP contribution in [0.2, 0.25) is 0 Å². The van der Waals surface area contributed by atoms with E-state index in [1.54, 1.807) is 7.11 Å². The minimum Gasteiger partial charge on any atom is -0.497 e. The van der Waals surface area contributed by atoms with E-state index in [1.807, 2.05) is 31.2 Å². The van der Waals surface area contributed by atoms with E-state index in [9.17, 15) is 0 Å². The molecule has 0 radical (unpaired) electrons. The average Bonchev–Trinajstić information content (AvgIpc) is 2.42. The SMILES string of the molecule is CCOC(CN)CCOCc1cccc(OC)c1. The quantitative estimate of drug-likeness (QED) is 0.684. The van der Waals surface area contributed by atoms with Gasteiger partial charge in [-0.1, -0.05) is 12.1 Å². The molecule has 0 aliphatic rings. The van der Waals surface area contributed by atoms with Crippen LogP contribution >= 0.6 is 0 Å². The zero-order valence-corrected chi connectivity index (χ0v) is 11.2. The van der Waals surface area contributed by atoms with Crippen LogP contribution in [-0.2, 0) is 16.1 Å². The molecule has 0 aliphatic carbocycles. The average molecular weight is 253 g/mol. The molecule has 4 nitrogen and oxygen atoms in total. The fourth-order valence-electron chi connectivity index (χ4n) is 1.67. The van der Waals surface area contributed by atoms with Crippen LogP contribution in [0, 0.1) is 0 Å². The first-order valence-corrected chi connectivity index (χ1v) is 6.32. The summed E-state index contributed by atoms with van der Waals surface area (Å²) in [6.07, 6.45) is 0.925. The Bertz CT molecular complexity index is 331. The van der Waals surface area contributed by atoms with Crippen molar-refractivity contribution in [1.82, 2.24) is 0 Å². The molecule has 0 bridgehead atoms. The van der Waals surface area contributed by atoms with E-state index >= 15 is 0 Å². The van der Waals surface area contributed by atoms with E-state index in [0.717, 1.165) is 17.7 Å². The molecule has 1 rings (SSSR count). The van der Waals surface area contributed by atoms with Gasteiger partial charge in [-0.05, 0) is 31.0 Å². The number of benzene rings is 1. The number of hydrogen-bond donors (Lipinski definition) is 1. The summed E-state index contributed by atoms with van der Waals surface area (Å²) in [6, 6.07) is 7.87. The predicted octanol–water partition coefficient (Wildman–Crippen LogP) is 1.97. The Kier molecular flexibility index (Phi) is 7.41. The van der Waals surface area contributed by atoms with Crippen LogP contribution in [0.4, 0.5) is 0 Å². The standard InChI is InChI=1S/C14H23NO3/c1-3-18-14(10-15)7-8-17-11-12-5-4-6-13(9-12)16-2/h4-6,9,14H,3,7-8,10-11,15H2,1-2H3. The van der Waals surface area contributed by atoms with Gasteiger partial charge in [0.2, 0.25) is 0 Å². The molecule has 0 aromatic heterocycles. The van der Waals surface area contributed by atoms with Gasteiger partial charge < -0.3 is 19.9 Å². The van der Waals surface area contributed by atoms with E-state index in [1.165, 1.54) is 0 Å². The van der Waals surface area contributed by atoms with Crippen LogP contribution in [0.1, 0.15) is 18.9 Å². The summed E-state index contributed by atoms with van der Waals surface area (Å²) >= 11 is 0. The monoisotopic (exact) mass is 253 g/mol. The first kappa shape index (κ1) is 15.0. The molecule has 0 amide bonds. The lowest BCUT2D eigenvalue weighted by Crippen LogP contribution is -2.25. The molecule has 0 saturated heterocycles. The van der Waals surface area contributed by atoms with Gasteiger partial charge >= 0.3 is 0 Å². The van der Waals surface area contributed by atoms with Crippen LogP contribution in [-0.4, -0.2) is 33.0 Å². The molecule has 1 atom stereocenters. The Hall–Kier alpha value is -1.10. The third-order valence-electron chi connectivity index (χ3n) is 2.65. The number of rotatable bonds is 9. The molecule has 1 aromatic carbocycles. The summed E-state index contributed by atoms with van der Waals surface area (Å²) in [5, 5.41) is 0. The van der Waals surface area contributed by atoms with Gasteiger partial charge in [0.15, 0.2) is 0 Å². The Morgan fingerprint density at radius 2 is 2.17 bits per heavy atom. The van der Waals surface area contributed by atoms with Gasteiger partial charge in [0.05, 0.1) is 19.8 Å². The highest BCUT2D eigenvalue weighted by molar-refractivity contribution is 5.27. The predicted molar refractivity (Wildman–Crippen MR) is 71.7 cm³/mol. The van der Waals surface area contributed by atoms with Crippen molar-refractivity contribution >= 4 is 0 Å². The normalized spacial score (nSPS) is 12.4. The summed E-state index contributed by atoms with van der Waals surface area (Å²) < 4.78 is 16.2. The second-order valence-electron chi connectivity index (χ2n) is 4.01. The van der Waals surface area contributed by atoms with Crippen molar-refractivity contribution in [3.63, 3.8) is 0 Å². The number of methoxy groups -OCH3 is 1. The summed E-state index contributed by atoms with van der Waals surface area (Å²) in [4.78, 5) is 0. The molecular weight excluding hydrogens is 230 g/mol. The van der Waals surface area contributed by atoms with Crippen molar-refractivity contribution < 1.29 is 14.2 Å². The smallest absolute Gasteiger partial charge is 0.119 e. The van der Waals surface area contributed by atoms with Gasteiger partial charge in [0.25, 0.3) is 0 Å². The molecule has 0 fully saturated rings. The van der Waals surface area contributed by atoms with Crippen molar-refractivity contribution in [1.29, 1.82) is 0 Å². The van der Waals surface area contributed by atoms with Crippen LogP contribution < -0.4 is 10.5 Å². The summed E-state index contributed by atoms with van der Waals surface area (Å²) in [6.45, 7) is 4.44. The topological polar surface area (TPSA) is 53.7 Å². The van der Waals surface area contributed by atoms with Crippen molar-refractivity contribution in [3.05, 3.63) is 29.8 Å². The lowest BCUT2D eigenvalue weighted by atomic mass is 10.2. The Morgan fingerprint density at radius 3 is 2.83 bits per heavy atom. The summed E-state index contributed by atoms with van der Waals surface area (Å²) in [5.41, 5.74) is 6.70. The Balaban J connectivity index is 2.24. The van der Waals surface area contributed by atoms with Gasteiger partial charge in [-0.2, -0.15) is 0 Å². The van der Waals surface area contributed by atoms with E-state index in [4.69, 9.17) is 19.9 Å². The zero-order chi connectivity index (χ0) is 13.2. The molecule has 0 heterocycles. The minimum atomic E-state index is 0.0975. The second kappa shape index (κ2) is 8.91. The first-order valence-electron chi connectivity index (χ1n) is 6.32. The lowest BCUT2D eigenvalue weighted by molar-refractivity contribution is 0.0289. The van der Waals surface area contributed by atoms with Gasteiger partial charge in [0.1, 0.15) is 5.75 Å². The molecule has 1 aromatic rings. The van der Waals surface area contributed by atoms with Gasteiger partial charge in [-0.25, -0.2) is 0 Å². The molecule has 18 heavy (non-hydrogen) atoms. The largest absolute Gasteiger partial charge is 0.497 e. The third kappa shape index (κ3) is 5.49. The lowest BCUT2D eigenvalue weighted by Gasteiger charge is -2.14. The molecule has 102 valence electrons. The Morgan fingerprint density at radius 1 is 1.33 bits per heavy atom. The van der Waals surface area contributed by atoms with Crippen molar-refractivity contribution in [2.24, 2.45) is 5.73 Å². The summed E-state index contributed by atoms with van der Waals surface area (Å²) in [5.74, 6) is 0.852. The van der Waals surface area contributed by atoms with Gasteiger partial charge in [-0.3, -0.25) is 0 Å². The highest BCUT2D eigenvalue weighted by Crippen LogP contribution is 2.13. The second-order valence-corrected chi connectivity index (χ2v) is 4.01. The van der Waals surface area contributed by atoms with Crippen LogP contribution in [0.5, 0.6) is 5.75 Å². The molecular formula is C14H23NO3. The van der Waals surface area contributed by atoms with Crippen LogP contribution in [0.3, 0.4) is 0 Å². The van der Waals surface area contributed by atoms with Crippen molar-refractivity contribution in [2.75, 3.05) is 26.9 Å². The van der Waals surface area contributed by atoms with E-state index < -0.39 is 0 Å². The van der Waals surface area contributed by atoms with E-state index in [0.29, 0.717) is 26.4 Å². The van der Waals surface area contributed by atoms with Gasteiger partial charge in [-0.15, -0.1) is 0 Å². The maximum atomic E-state index is 5.61. The highest BCUT2D eigenvalue weighted by Gasteiger charge is 2.05. The number of nitrogens with two attached hydrogens (primary N) is 1. The van der Waals surface area contributed by atoms with Crippen LogP contribution in [0.25, 0.3) is 0 Å². The Labute approximate surface area is 109 Å². The molecule has 0 aliphatic heterocycles. The fourth-order valence-corrected chi connectivity index (χ4v) is 1.67. The maximum absolute atomic E-state index is 5.61. The number of ether oxygens (including phenoxy) is 3. The third-order valence-corrected chi connectivity index (χ3v) is 2.65. The van der Waals surface area contributed by atoms with E-state index in [2.05, 4.69) is 0 Å². The number of hydrogen-bond acceptors (Lipinski definition) is 4. The molecule has 4 heteroatoms. The molecule has 0 saturated carbocycles. The van der Waals surface area contributed by atoms with Gasteiger partial charge in [0, 0.05) is 19.8 Å². The van der Waals surface area contributed by atoms with Crippen LogP contribution in [0.15, 0.2) is 24.3 Å². The van der Waals surface area contributed by atoms with Crippen molar-refractivity contribution in [2.45, 2.75) is 26.1 Å². The zero-order valence-electron chi connectivity index (χ0n) is 11.2. The molecule has 1 unspecified atom stereocenters. The maximum Gasteiger partial charge on any atom is 0.119 e. The molecule has 0 spiro atoms. The highest BCUT2D eigenvalue weighted by atomic mass is 16.5. The summed E-state index contributed by atoms with van der Waals surface area (Å²) in [7, 11) is 1.66. The minimum absolute atomic E-state index is 0.0975.